The van der Waals surface area contributed by atoms with Gasteiger partial charge in [-0.15, -0.1) is 0 Å². The predicted octanol–water partition coefficient (Wildman–Crippen LogP) is 0.145. The number of carboxylic acids is 1. The van der Waals surface area contributed by atoms with Gasteiger partial charge in [0.15, 0.2) is 0 Å². The lowest BCUT2D eigenvalue weighted by atomic mass is 10.0. The van der Waals surface area contributed by atoms with Gasteiger partial charge in [-0.25, -0.2) is 4.79 Å². The van der Waals surface area contributed by atoms with Crippen LogP contribution in [-0.4, -0.2) is 46.5 Å². The number of primary amides is 1. The van der Waals surface area contributed by atoms with Crippen LogP contribution in [0.3, 0.4) is 0 Å². The van der Waals surface area contributed by atoms with Crippen LogP contribution in [0.25, 0.3) is 0 Å². The molecule has 1 aliphatic carbocycles. The summed E-state index contributed by atoms with van der Waals surface area (Å²) in [5, 5.41) is 11.1. The first-order valence-electron chi connectivity index (χ1n) is 6.41. The highest BCUT2D eigenvalue weighted by atomic mass is 16.4. The second-order valence-corrected chi connectivity index (χ2v) is 5.14. The van der Waals surface area contributed by atoms with E-state index in [-0.39, 0.29) is 30.8 Å². The lowest BCUT2D eigenvalue weighted by Gasteiger charge is -2.29. The Balaban J connectivity index is 2.72. The lowest BCUT2D eigenvalue weighted by Crippen LogP contribution is -2.53. The van der Waals surface area contributed by atoms with Gasteiger partial charge in [-0.3, -0.25) is 9.59 Å². The fraction of sp³-hybridized carbons (Fsp3) is 0.750. The topological polar surface area (TPSA) is 113 Å². The summed E-state index contributed by atoms with van der Waals surface area (Å²) < 4.78 is 0. The highest BCUT2D eigenvalue weighted by molar-refractivity contribution is 5.87. The Morgan fingerprint density at radius 2 is 1.95 bits per heavy atom. The van der Waals surface area contributed by atoms with Crippen molar-refractivity contribution in [1.29, 1.82) is 0 Å². The average molecular weight is 271 g/mol. The van der Waals surface area contributed by atoms with Gasteiger partial charge in [0.25, 0.3) is 0 Å². The maximum Gasteiger partial charge on any atom is 0.312 e. The summed E-state index contributed by atoms with van der Waals surface area (Å²) in [5.41, 5.74) is 5.07. The van der Waals surface area contributed by atoms with Crippen LogP contribution >= 0.6 is 0 Å². The van der Waals surface area contributed by atoms with E-state index in [1.165, 1.54) is 0 Å². The van der Waals surface area contributed by atoms with Gasteiger partial charge in [0.1, 0.15) is 6.04 Å². The molecule has 0 aromatic carbocycles. The highest BCUT2D eigenvalue weighted by Crippen LogP contribution is 2.28. The number of nitrogens with two attached hydrogens (primary N) is 1. The van der Waals surface area contributed by atoms with Crippen molar-refractivity contribution < 1.29 is 19.5 Å². The van der Waals surface area contributed by atoms with Gasteiger partial charge in [-0.2, -0.15) is 0 Å². The summed E-state index contributed by atoms with van der Waals surface area (Å²) in [7, 11) is 0. The van der Waals surface area contributed by atoms with Crippen LogP contribution < -0.4 is 11.1 Å². The van der Waals surface area contributed by atoms with E-state index in [0.717, 1.165) is 12.8 Å². The molecular formula is C12H21N3O4. The highest BCUT2D eigenvalue weighted by Gasteiger charge is 2.37. The number of urea groups is 1. The van der Waals surface area contributed by atoms with E-state index in [0.29, 0.717) is 0 Å². The zero-order valence-electron chi connectivity index (χ0n) is 11.3. The van der Waals surface area contributed by atoms with Crippen molar-refractivity contribution in [2.24, 2.45) is 11.7 Å². The first-order chi connectivity index (χ1) is 8.82. The van der Waals surface area contributed by atoms with Crippen LogP contribution in [-0.2, 0) is 9.59 Å². The molecule has 0 bridgehead atoms. The molecule has 19 heavy (non-hydrogen) atoms. The second kappa shape index (κ2) is 6.40. The molecule has 0 aromatic heterocycles. The molecule has 1 fully saturated rings. The third-order valence-electron chi connectivity index (χ3n) is 3.07. The molecular weight excluding hydrogens is 250 g/mol. The fourth-order valence-electron chi connectivity index (χ4n) is 1.92. The lowest BCUT2D eigenvalue weighted by molar-refractivity contribution is -0.139. The molecule has 0 radical (unpaired) electrons. The summed E-state index contributed by atoms with van der Waals surface area (Å²) in [6, 6.07) is -1.35. The SMILES string of the molecule is CC(C)C(NC(N)=O)C(=O)N(CCC(=O)O)C1CC1. The number of hydrogen-bond donors (Lipinski definition) is 3. The largest absolute Gasteiger partial charge is 0.481 e. The van der Waals surface area contributed by atoms with Gasteiger partial charge in [-0.05, 0) is 18.8 Å². The summed E-state index contributed by atoms with van der Waals surface area (Å²) in [4.78, 5) is 35.5. The van der Waals surface area contributed by atoms with Gasteiger partial charge in [0.2, 0.25) is 5.91 Å². The Labute approximate surface area is 112 Å². The molecule has 7 nitrogen and oxygen atoms in total. The van der Waals surface area contributed by atoms with Crippen LogP contribution in [0, 0.1) is 5.92 Å². The van der Waals surface area contributed by atoms with Crippen molar-refractivity contribution >= 4 is 17.9 Å². The van der Waals surface area contributed by atoms with E-state index < -0.39 is 18.0 Å². The van der Waals surface area contributed by atoms with Crippen molar-refractivity contribution in [2.45, 2.75) is 45.2 Å². The maximum atomic E-state index is 12.4. The molecule has 0 heterocycles. The first-order valence-corrected chi connectivity index (χ1v) is 6.41. The van der Waals surface area contributed by atoms with Crippen molar-refractivity contribution in [3.8, 4) is 0 Å². The summed E-state index contributed by atoms with van der Waals surface area (Å²) in [5.74, 6) is -1.30. The number of nitrogens with one attached hydrogen (secondary N) is 1. The third kappa shape index (κ3) is 4.76. The summed E-state index contributed by atoms with van der Waals surface area (Å²) >= 11 is 0. The van der Waals surface area contributed by atoms with Gasteiger partial charge in [-0.1, -0.05) is 13.8 Å². The normalized spacial score (nSPS) is 15.9. The number of nitrogens with zero attached hydrogens (tertiary/aromatic N) is 1. The van der Waals surface area contributed by atoms with Crippen molar-refractivity contribution in [3.63, 3.8) is 0 Å². The summed E-state index contributed by atoms with van der Waals surface area (Å²) in [6.07, 6.45) is 1.67. The monoisotopic (exact) mass is 271 g/mol. The minimum absolute atomic E-state index is 0.0936. The van der Waals surface area contributed by atoms with E-state index in [1.54, 1.807) is 18.7 Å². The Bertz CT molecular complexity index is 366. The number of carbonyl (C=O) groups excluding carboxylic acids is 2. The standard InChI is InChI=1S/C12H21N3O4/c1-7(2)10(14-12(13)19)11(18)15(8-3-4-8)6-5-9(16)17/h7-8,10H,3-6H2,1-2H3,(H,16,17)(H3,13,14,19). The number of carbonyl (C=O) groups is 3. The molecule has 4 N–H and O–H groups in total. The van der Waals surface area contributed by atoms with E-state index in [1.807, 2.05) is 0 Å². The number of carboxylic acid groups (broad SMARTS) is 1. The molecule has 1 unspecified atom stereocenters. The van der Waals surface area contributed by atoms with Crippen LogP contribution in [0.15, 0.2) is 0 Å². The van der Waals surface area contributed by atoms with Gasteiger partial charge >= 0.3 is 12.0 Å². The quantitative estimate of drug-likeness (QED) is 0.611. The maximum absolute atomic E-state index is 12.4. The molecule has 0 saturated heterocycles. The predicted molar refractivity (Wildman–Crippen MR) is 68.3 cm³/mol. The molecule has 108 valence electrons. The molecule has 1 atom stereocenters. The number of rotatable bonds is 7. The van der Waals surface area contributed by atoms with E-state index >= 15 is 0 Å². The Morgan fingerprint density at radius 1 is 1.37 bits per heavy atom. The second-order valence-electron chi connectivity index (χ2n) is 5.14. The molecule has 0 aromatic rings. The van der Waals surface area contributed by atoms with E-state index in [9.17, 15) is 14.4 Å². The summed E-state index contributed by atoms with van der Waals surface area (Å²) in [6.45, 7) is 3.78. The van der Waals surface area contributed by atoms with Crippen LogP contribution in [0.1, 0.15) is 33.1 Å². The van der Waals surface area contributed by atoms with Gasteiger partial charge in [0.05, 0.1) is 6.42 Å². The number of amides is 3. The molecule has 3 amide bonds. The minimum Gasteiger partial charge on any atom is -0.481 e. The van der Waals surface area contributed by atoms with Crippen LogP contribution in [0.4, 0.5) is 4.79 Å². The molecule has 1 saturated carbocycles. The van der Waals surface area contributed by atoms with Crippen LogP contribution in [0.2, 0.25) is 0 Å². The minimum atomic E-state index is -0.942. The first kappa shape index (κ1) is 15.3. The Hall–Kier alpha value is -1.79. The fourth-order valence-corrected chi connectivity index (χ4v) is 1.92. The van der Waals surface area contributed by atoms with Crippen LogP contribution in [0.5, 0.6) is 0 Å². The molecule has 1 aliphatic rings. The van der Waals surface area contributed by atoms with Crippen molar-refractivity contribution in [1.82, 2.24) is 10.2 Å². The zero-order chi connectivity index (χ0) is 14.6. The zero-order valence-corrected chi connectivity index (χ0v) is 11.3. The number of hydrogen-bond acceptors (Lipinski definition) is 3. The third-order valence-corrected chi connectivity index (χ3v) is 3.07. The smallest absolute Gasteiger partial charge is 0.312 e. The molecule has 1 rings (SSSR count). The Kier molecular flexibility index (Phi) is 5.14. The van der Waals surface area contributed by atoms with Crippen molar-refractivity contribution in [2.75, 3.05) is 6.54 Å². The molecule has 0 aliphatic heterocycles. The molecule has 0 spiro atoms. The average Bonchev–Trinajstić information content (AvgIpc) is 3.09. The number of aliphatic carboxylic acids is 1. The molecule has 7 heteroatoms. The van der Waals surface area contributed by atoms with Crippen molar-refractivity contribution in [3.05, 3.63) is 0 Å². The van der Waals surface area contributed by atoms with E-state index in [2.05, 4.69) is 5.32 Å². The Morgan fingerprint density at radius 3 is 2.32 bits per heavy atom. The van der Waals surface area contributed by atoms with Gasteiger partial charge < -0.3 is 21.1 Å². The van der Waals surface area contributed by atoms with Gasteiger partial charge in [0, 0.05) is 12.6 Å². The van der Waals surface area contributed by atoms with E-state index in [4.69, 9.17) is 10.8 Å².